The molecule has 1 fully saturated rings. The van der Waals surface area contributed by atoms with Gasteiger partial charge >= 0.3 is 6.09 Å². The minimum atomic E-state index is -2.11. The van der Waals surface area contributed by atoms with Gasteiger partial charge in [0.1, 0.15) is 6.61 Å². The van der Waals surface area contributed by atoms with Crippen molar-refractivity contribution >= 4 is 26.2 Å². The first-order valence-electron chi connectivity index (χ1n) is 12.5. The van der Waals surface area contributed by atoms with Crippen molar-refractivity contribution in [2.45, 2.75) is 58.0 Å². The molecule has 2 heterocycles. The molecule has 0 aromatic heterocycles. The molecule has 3 amide bonds. The average molecular weight is 509 g/mol. The monoisotopic (exact) mass is 508 g/mol. The van der Waals surface area contributed by atoms with Crippen LogP contribution in [0.4, 0.5) is 4.79 Å². The second-order valence-electron chi connectivity index (χ2n) is 11.3. The van der Waals surface area contributed by atoms with Crippen molar-refractivity contribution in [3.05, 3.63) is 71.3 Å². The first kappa shape index (κ1) is 26.1. The molecule has 0 aliphatic carbocycles. The van der Waals surface area contributed by atoms with Crippen molar-refractivity contribution in [1.29, 1.82) is 0 Å². The smallest absolute Gasteiger partial charge is 0.410 e. The van der Waals surface area contributed by atoms with E-state index in [2.05, 4.69) is 33.9 Å². The lowest BCUT2D eigenvalue weighted by atomic mass is 9.95. The molecule has 0 bridgehead atoms. The van der Waals surface area contributed by atoms with Crippen molar-refractivity contribution in [3.8, 4) is 0 Å². The predicted octanol–water partition coefficient (Wildman–Crippen LogP) is 5.33. The van der Waals surface area contributed by atoms with Gasteiger partial charge in [0.2, 0.25) is 0 Å². The maximum absolute atomic E-state index is 13.1. The second-order valence-corrected chi connectivity index (χ2v) is 16.1. The number of amides is 3. The van der Waals surface area contributed by atoms with E-state index in [0.29, 0.717) is 30.6 Å². The molecule has 4 rings (SSSR count). The summed E-state index contributed by atoms with van der Waals surface area (Å²) in [5, 5.41) is 0.0150. The van der Waals surface area contributed by atoms with E-state index in [4.69, 9.17) is 9.16 Å². The fourth-order valence-electron chi connectivity index (χ4n) is 4.59. The Balaban J connectivity index is 1.50. The summed E-state index contributed by atoms with van der Waals surface area (Å²) >= 11 is 0. The van der Waals surface area contributed by atoms with Crippen molar-refractivity contribution < 1.29 is 23.5 Å². The van der Waals surface area contributed by atoms with Gasteiger partial charge < -0.3 is 14.1 Å². The van der Waals surface area contributed by atoms with Crippen molar-refractivity contribution in [2.75, 3.05) is 19.6 Å². The fourth-order valence-corrected chi connectivity index (χ4v) is 5.94. The lowest BCUT2D eigenvalue weighted by molar-refractivity contribution is 0.0223. The molecule has 0 saturated carbocycles. The summed E-state index contributed by atoms with van der Waals surface area (Å²) in [6.45, 7) is 12.2. The fraction of sp³-hybridized carbons (Fsp3) is 0.464. The molecular weight excluding hydrogens is 472 g/mol. The zero-order chi connectivity index (χ0) is 26.1. The number of carbonyl (C=O) groups is 3. The van der Waals surface area contributed by atoms with Crippen molar-refractivity contribution in [1.82, 2.24) is 9.80 Å². The van der Waals surface area contributed by atoms with Crippen LogP contribution in [0.15, 0.2) is 54.6 Å². The Hall–Kier alpha value is -2.97. The second kappa shape index (κ2) is 10.2. The number of rotatable bonds is 6. The van der Waals surface area contributed by atoms with E-state index in [1.54, 1.807) is 29.2 Å². The quantitative estimate of drug-likeness (QED) is 0.389. The number of piperidine rings is 1. The van der Waals surface area contributed by atoms with Gasteiger partial charge in [0.15, 0.2) is 8.32 Å². The van der Waals surface area contributed by atoms with E-state index >= 15 is 0 Å². The van der Waals surface area contributed by atoms with Crippen LogP contribution in [0.5, 0.6) is 0 Å². The van der Waals surface area contributed by atoms with Crippen LogP contribution in [-0.2, 0) is 15.8 Å². The van der Waals surface area contributed by atoms with Crippen molar-refractivity contribution in [3.63, 3.8) is 0 Å². The highest BCUT2D eigenvalue weighted by atomic mass is 28.4. The lowest BCUT2D eigenvalue weighted by Gasteiger charge is -2.44. The Morgan fingerprint density at radius 2 is 1.53 bits per heavy atom. The van der Waals surface area contributed by atoms with Gasteiger partial charge in [0.25, 0.3) is 11.8 Å². The summed E-state index contributed by atoms with van der Waals surface area (Å²) in [7, 11) is -2.11. The van der Waals surface area contributed by atoms with Gasteiger partial charge in [-0.25, -0.2) is 4.79 Å². The molecule has 8 heteroatoms. The number of hydrogen-bond donors (Lipinski definition) is 0. The van der Waals surface area contributed by atoms with Crippen LogP contribution < -0.4 is 0 Å². The van der Waals surface area contributed by atoms with Crippen LogP contribution in [-0.4, -0.2) is 61.8 Å². The largest absolute Gasteiger partial charge is 0.445 e. The van der Waals surface area contributed by atoms with E-state index in [9.17, 15) is 14.4 Å². The molecule has 2 aromatic rings. The molecule has 7 nitrogen and oxygen atoms in total. The standard InChI is InChI=1S/C28H36N2O5Si/c1-28(2,3)36(4,5)35-22-15-21(17-30-25(31)23-13-9-10-14-24(23)26(30)32)16-29(18-22)27(33)34-19-20-11-7-6-8-12-20/h6-14,21-22H,15-19H2,1-5H3. The van der Waals surface area contributed by atoms with E-state index < -0.39 is 14.4 Å². The zero-order valence-electron chi connectivity index (χ0n) is 21.8. The van der Waals surface area contributed by atoms with Crippen LogP contribution in [0, 0.1) is 5.92 Å². The number of benzene rings is 2. The molecule has 2 aromatic carbocycles. The van der Waals surface area contributed by atoms with E-state index in [0.717, 1.165) is 5.56 Å². The summed E-state index contributed by atoms with van der Waals surface area (Å²) in [4.78, 5) is 42.0. The van der Waals surface area contributed by atoms with Crippen LogP contribution in [0.2, 0.25) is 18.1 Å². The topological polar surface area (TPSA) is 76.2 Å². The lowest BCUT2D eigenvalue weighted by Crippen LogP contribution is -2.54. The van der Waals surface area contributed by atoms with Crippen LogP contribution in [0.1, 0.15) is 53.5 Å². The molecular formula is C28H36N2O5Si. The molecule has 36 heavy (non-hydrogen) atoms. The zero-order valence-corrected chi connectivity index (χ0v) is 22.8. The third kappa shape index (κ3) is 5.55. The van der Waals surface area contributed by atoms with Gasteiger partial charge in [-0.1, -0.05) is 63.2 Å². The maximum Gasteiger partial charge on any atom is 0.410 e. The summed E-state index contributed by atoms with van der Waals surface area (Å²) < 4.78 is 12.3. The number of nitrogens with zero attached hydrogens (tertiary/aromatic N) is 2. The predicted molar refractivity (Wildman–Crippen MR) is 140 cm³/mol. The normalized spacial score (nSPS) is 20.5. The Labute approximate surface area is 214 Å². The third-order valence-corrected chi connectivity index (χ3v) is 12.1. The molecule has 0 spiro atoms. The molecule has 2 aliphatic rings. The first-order valence-corrected chi connectivity index (χ1v) is 15.5. The average Bonchev–Trinajstić information content (AvgIpc) is 3.07. The highest BCUT2D eigenvalue weighted by molar-refractivity contribution is 6.74. The van der Waals surface area contributed by atoms with Gasteiger partial charge in [-0.2, -0.15) is 0 Å². The maximum atomic E-state index is 13.1. The summed E-state index contributed by atoms with van der Waals surface area (Å²) in [6.07, 6.45) is 0.0707. The number of hydrogen-bond acceptors (Lipinski definition) is 5. The Kier molecular flexibility index (Phi) is 7.38. The summed E-state index contributed by atoms with van der Waals surface area (Å²) in [5.41, 5.74) is 1.79. The number of carbonyl (C=O) groups excluding carboxylic acids is 3. The van der Waals surface area contributed by atoms with E-state index in [1.165, 1.54) is 4.90 Å². The molecule has 0 radical (unpaired) electrons. The van der Waals surface area contributed by atoms with Gasteiger partial charge in [-0.3, -0.25) is 14.5 Å². The van der Waals surface area contributed by atoms with Crippen LogP contribution >= 0.6 is 0 Å². The van der Waals surface area contributed by atoms with Gasteiger partial charge in [0, 0.05) is 19.6 Å². The van der Waals surface area contributed by atoms with Crippen LogP contribution in [0.25, 0.3) is 0 Å². The van der Waals surface area contributed by atoms with Crippen LogP contribution in [0.3, 0.4) is 0 Å². The summed E-state index contributed by atoms with van der Waals surface area (Å²) in [5.74, 6) is -0.664. The van der Waals surface area contributed by atoms with Gasteiger partial charge in [-0.05, 0) is 48.2 Å². The first-order chi connectivity index (χ1) is 17.0. The van der Waals surface area contributed by atoms with E-state index in [1.807, 2.05) is 30.3 Å². The number of ether oxygens (including phenoxy) is 1. The molecule has 2 unspecified atom stereocenters. The number of fused-ring (bicyclic) bond motifs is 1. The van der Waals surface area contributed by atoms with Crippen molar-refractivity contribution in [2.24, 2.45) is 5.92 Å². The summed E-state index contributed by atoms with van der Waals surface area (Å²) in [6, 6.07) is 16.5. The Morgan fingerprint density at radius 3 is 2.11 bits per heavy atom. The Morgan fingerprint density at radius 1 is 0.944 bits per heavy atom. The third-order valence-electron chi connectivity index (χ3n) is 7.55. The number of likely N-dealkylation sites (tertiary alicyclic amines) is 1. The van der Waals surface area contributed by atoms with E-state index in [-0.39, 0.29) is 42.0 Å². The SMILES string of the molecule is CC(C)(C)[Si](C)(C)OC1CC(CN2C(=O)c3ccccc3C2=O)CN(C(=O)OCc2ccccc2)C1. The molecule has 2 aliphatic heterocycles. The minimum Gasteiger partial charge on any atom is -0.445 e. The molecule has 0 N–H and O–H groups in total. The minimum absolute atomic E-state index is 0.0150. The molecule has 2 atom stereocenters. The Bertz CT molecular complexity index is 1090. The van der Waals surface area contributed by atoms with Gasteiger partial charge in [0.05, 0.1) is 17.2 Å². The molecule has 192 valence electrons. The number of imide groups is 1. The highest BCUT2D eigenvalue weighted by Gasteiger charge is 2.43. The highest BCUT2D eigenvalue weighted by Crippen LogP contribution is 2.39. The van der Waals surface area contributed by atoms with Gasteiger partial charge in [-0.15, -0.1) is 0 Å². The molecule has 1 saturated heterocycles.